The topological polar surface area (TPSA) is 52.5 Å². The lowest BCUT2D eigenvalue weighted by Gasteiger charge is -2.25. The maximum atomic E-state index is 10.1. The van der Waals surface area contributed by atoms with E-state index in [2.05, 4.69) is 5.32 Å². The molecule has 0 amide bonds. The first-order chi connectivity index (χ1) is 7.79. The SMILES string of the molecule is C[C@@H](NCC(C)(C)O)[C@H](O)c1cccc(Cl)c1. The van der Waals surface area contributed by atoms with Gasteiger partial charge in [-0.05, 0) is 38.5 Å². The van der Waals surface area contributed by atoms with E-state index >= 15 is 0 Å². The summed E-state index contributed by atoms with van der Waals surface area (Å²) in [5.74, 6) is 0. The lowest BCUT2D eigenvalue weighted by atomic mass is 10.0. The molecule has 4 heteroatoms. The number of hydrogen-bond acceptors (Lipinski definition) is 3. The second kappa shape index (κ2) is 5.83. The maximum absolute atomic E-state index is 10.1. The third-order valence-electron chi connectivity index (χ3n) is 2.52. The molecule has 0 heterocycles. The van der Waals surface area contributed by atoms with Crippen molar-refractivity contribution in [3.05, 3.63) is 34.9 Å². The Morgan fingerprint density at radius 3 is 2.59 bits per heavy atom. The average molecular weight is 258 g/mol. The van der Waals surface area contributed by atoms with Crippen molar-refractivity contribution in [3.63, 3.8) is 0 Å². The molecule has 2 atom stereocenters. The predicted molar refractivity (Wildman–Crippen MR) is 70.2 cm³/mol. The summed E-state index contributed by atoms with van der Waals surface area (Å²) in [6.07, 6.45) is -0.643. The summed E-state index contributed by atoms with van der Waals surface area (Å²) in [6, 6.07) is 7.00. The van der Waals surface area contributed by atoms with Crippen LogP contribution in [0.2, 0.25) is 5.02 Å². The highest BCUT2D eigenvalue weighted by molar-refractivity contribution is 6.30. The van der Waals surface area contributed by atoms with Crippen LogP contribution in [0.4, 0.5) is 0 Å². The smallest absolute Gasteiger partial charge is 0.0940 e. The molecule has 0 aliphatic heterocycles. The van der Waals surface area contributed by atoms with Crippen molar-refractivity contribution in [1.29, 1.82) is 0 Å². The van der Waals surface area contributed by atoms with E-state index < -0.39 is 11.7 Å². The average Bonchev–Trinajstić information content (AvgIpc) is 2.24. The molecule has 1 aromatic rings. The third-order valence-corrected chi connectivity index (χ3v) is 2.76. The van der Waals surface area contributed by atoms with Crippen molar-refractivity contribution in [2.75, 3.05) is 6.54 Å². The second-order valence-electron chi connectivity index (χ2n) is 4.98. The first kappa shape index (κ1) is 14.5. The van der Waals surface area contributed by atoms with Crippen molar-refractivity contribution >= 4 is 11.6 Å². The Morgan fingerprint density at radius 1 is 1.41 bits per heavy atom. The fraction of sp³-hybridized carbons (Fsp3) is 0.538. The van der Waals surface area contributed by atoms with Crippen LogP contribution in [0.25, 0.3) is 0 Å². The molecule has 0 saturated carbocycles. The van der Waals surface area contributed by atoms with Crippen LogP contribution < -0.4 is 5.32 Å². The van der Waals surface area contributed by atoms with Gasteiger partial charge in [-0.1, -0.05) is 23.7 Å². The molecule has 17 heavy (non-hydrogen) atoms. The summed E-state index contributed by atoms with van der Waals surface area (Å²) in [5.41, 5.74) is -0.0178. The van der Waals surface area contributed by atoms with Crippen molar-refractivity contribution in [2.24, 2.45) is 0 Å². The van der Waals surface area contributed by atoms with Crippen molar-refractivity contribution in [2.45, 2.75) is 38.5 Å². The molecule has 0 aromatic heterocycles. The molecule has 96 valence electrons. The minimum Gasteiger partial charge on any atom is -0.389 e. The van der Waals surface area contributed by atoms with Crippen LogP contribution in [-0.2, 0) is 0 Å². The molecule has 3 nitrogen and oxygen atoms in total. The summed E-state index contributed by atoms with van der Waals surface area (Å²) in [6.45, 7) is 5.74. The van der Waals surface area contributed by atoms with E-state index in [9.17, 15) is 10.2 Å². The summed E-state index contributed by atoms with van der Waals surface area (Å²) >= 11 is 5.87. The van der Waals surface area contributed by atoms with Crippen LogP contribution in [-0.4, -0.2) is 28.4 Å². The number of aliphatic hydroxyl groups is 2. The Hall–Kier alpha value is -0.610. The van der Waals surface area contributed by atoms with Crippen LogP contribution in [0.15, 0.2) is 24.3 Å². The summed E-state index contributed by atoms with van der Waals surface area (Å²) in [4.78, 5) is 0. The fourth-order valence-electron chi connectivity index (χ4n) is 1.50. The van der Waals surface area contributed by atoms with Gasteiger partial charge in [-0.2, -0.15) is 0 Å². The van der Waals surface area contributed by atoms with E-state index in [1.54, 1.807) is 26.0 Å². The molecule has 0 aliphatic carbocycles. The number of rotatable bonds is 5. The molecule has 0 aliphatic rings. The van der Waals surface area contributed by atoms with Gasteiger partial charge in [-0.25, -0.2) is 0 Å². The summed E-state index contributed by atoms with van der Waals surface area (Å²) in [5, 5.41) is 23.4. The highest BCUT2D eigenvalue weighted by Gasteiger charge is 2.19. The Balaban J connectivity index is 2.60. The standard InChI is InChI=1S/C13H20ClNO2/c1-9(15-8-13(2,3)17)12(16)10-5-4-6-11(14)7-10/h4-7,9,12,15-17H,8H2,1-3H3/t9-,12+/m1/s1. The third kappa shape index (κ3) is 5.04. The van der Waals surface area contributed by atoms with Gasteiger partial charge in [0.15, 0.2) is 0 Å². The van der Waals surface area contributed by atoms with Crippen LogP contribution in [0.5, 0.6) is 0 Å². The summed E-state index contributed by atoms with van der Waals surface area (Å²) in [7, 11) is 0. The van der Waals surface area contributed by atoms with Gasteiger partial charge in [0, 0.05) is 17.6 Å². The van der Waals surface area contributed by atoms with Gasteiger partial charge >= 0.3 is 0 Å². The number of benzene rings is 1. The molecule has 0 fully saturated rings. The minimum absolute atomic E-state index is 0.153. The molecule has 1 aromatic carbocycles. The predicted octanol–water partition coefficient (Wildman–Crippen LogP) is 2.12. The molecular weight excluding hydrogens is 238 g/mol. The molecular formula is C13H20ClNO2. The van der Waals surface area contributed by atoms with Gasteiger partial charge in [-0.3, -0.25) is 0 Å². The number of nitrogens with one attached hydrogen (secondary N) is 1. The van der Waals surface area contributed by atoms with Crippen LogP contribution in [0.3, 0.4) is 0 Å². The van der Waals surface area contributed by atoms with Crippen LogP contribution >= 0.6 is 11.6 Å². The van der Waals surface area contributed by atoms with Gasteiger partial charge in [0.2, 0.25) is 0 Å². The first-order valence-corrected chi connectivity index (χ1v) is 6.07. The highest BCUT2D eigenvalue weighted by atomic mass is 35.5. The lowest BCUT2D eigenvalue weighted by Crippen LogP contribution is -2.41. The zero-order valence-corrected chi connectivity index (χ0v) is 11.2. The van der Waals surface area contributed by atoms with Crippen LogP contribution in [0.1, 0.15) is 32.4 Å². The van der Waals surface area contributed by atoms with E-state index in [4.69, 9.17) is 11.6 Å². The summed E-state index contributed by atoms with van der Waals surface area (Å²) < 4.78 is 0. The number of hydrogen-bond donors (Lipinski definition) is 3. The van der Waals surface area contributed by atoms with Crippen molar-refractivity contribution in [1.82, 2.24) is 5.32 Å². The quantitative estimate of drug-likeness (QED) is 0.757. The maximum Gasteiger partial charge on any atom is 0.0940 e. The normalized spacial score (nSPS) is 15.6. The zero-order valence-electron chi connectivity index (χ0n) is 10.4. The van der Waals surface area contributed by atoms with E-state index in [0.29, 0.717) is 11.6 Å². The molecule has 0 spiro atoms. The molecule has 0 radical (unpaired) electrons. The molecule has 1 rings (SSSR count). The Labute approximate surface area is 107 Å². The monoisotopic (exact) mass is 257 g/mol. The van der Waals surface area contributed by atoms with Gasteiger partial charge in [-0.15, -0.1) is 0 Å². The van der Waals surface area contributed by atoms with E-state index in [0.717, 1.165) is 5.56 Å². The number of halogens is 1. The van der Waals surface area contributed by atoms with Gasteiger partial charge in [0.1, 0.15) is 0 Å². The minimum atomic E-state index is -0.789. The Bertz CT molecular complexity index is 363. The molecule has 0 unspecified atom stereocenters. The van der Waals surface area contributed by atoms with E-state index in [1.807, 2.05) is 19.1 Å². The lowest BCUT2D eigenvalue weighted by molar-refractivity contribution is 0.0638. The number of aliphatic hydroxyl groups excluding tert-OH is 1. The van der Waals surface area contributed by atoms with Crippen LogP contribution in [0, 0.1) is 0 Å². The van der Waals surface area contributed by atoms with E-state index in [-0.39, 0.29) is 6.04 Å². The highest BCUT2D eigenvalue weighted by Crippen LogP contribution is 2.20. The Kier molecular flexibility index (Phi) is 4.95. The second-order valence-corrected chi connectivity index (χ2v) is 5.42. The fourth-order valence-corrected chi connectivity index (χ4v) is 1.70. The molecule has 0 saturated heterocycles. The van der Waals surface area contributed by atoms with Crippen molar-refractivity contribution in [3.8, 4) is 0 Å². The Morgan fingerprint density at radius 2 is 2.06 bits per heavy atom. The molecule has 3 N–H and O–H groups in total. The van der Waals surface area contributed by atoms with Gasteiger partial charge < -0.3 is 15.5 Å². The van der Waals surface area contributed by atoms with Gasteiger partial charge in [0.25, 0.3) is 0 Å². The van der Waals surface area contributed by atoms with Crippen molar-refractivity contribution < 1.29 is 10.2 Å². The van der Waals surface area contributed by atoms with Gasteiger partial charge in [0.05, 0.1) is 11.7 Å². The zero-order chi connectivity index (χ0) is 13.1. The largest absolute Gasteiger partial charge is 0.389 e. The van der Waals surface area contributed by atoms with E-state index in [1.165, 1.54) is 0 Å². The molecule has 0 bridgehead atoms. The first-order valence-electron chi connectivity index (χ1n) is 5.69.